The van der Waals surface area contributed by atoms with Crippen molar-refractivity contribution in [2.75, 3.05) is 6.54 Å². The van der Waals surface area contributed by atoms with Crippen molar-refractivity contribution in [1.82, 2.24) is 15.6 Å². The summed E-state index contributed by atoms with van der Waals surface area (Å²) in [4.78, 5) is 16.5. The van der Waals surface area contributed by atoms with E-state index in [0.29, 0.717) is 11.3 Å². The first kappa shape index (κ1) is 25.5. The molecule has 3 aromatic rings. The Balaban J connectivity index is 1.46. The Morgan fingerprint density at radius 1 is 1.17 bits per heavy atom. The number of hydrogen-bond acceptors (Lipinski definition) is 6. The molecule has 1 aliphatic heterocycles. The third kappa shape index (κ3) is 5.95. The van der Waals surface area contributed by atoms with Gasteiger partial charge in [0, 0.05) is 18.2 Å². The van der Waals surface area contributed by atoms with Gasteiger partial charge in [-0.2, -0.15) is 0 Å². The Bertz CT molecular complexity index is 1210. The molecule has 0 bridgehead atoms. The highest BCUT2D eigenvalue weighted by Gasteiger charge is 2.51. The number of alkyl halides is 2. The lowest BCUT2D eigenvalue weighted by molar-refractivity contribution is -0.00864. The van der Waals surface area contributed by atoms with Crippen molar-refractivity contribution in [3.63, 3.8) is 0 Å². The Labute approximate surface area is 206 Å². The highest BCUT2D eigenvalue weighted by molar-refractivity contribution is 5.68. The normalized spacial score (nSPS) is 18.6. The van der Waals surface area contributed by atoms with E-state index in [-0.39, 0.29) is 36.8 Å². The van der Waals surface area contributed by atoms with Crippen LogP contribution in [0.15, 0.2) is 60.7 Å². The molecule has 10 heteroatoms. The van der Waals surface area contributed by atoms with Crippen molar-refractivity contribution in [2.45, 2.75) is 44.5 Å². The number of alkyl carbamates (subject to hydrolysis) is 1. The molecule has 0 saturated carbocycles. The van der Waals surface area contributed by atoms with Gasteiger partial charge in [0.2, 0.25) is 5.88 Å². The number of nitrogens with zero attached hydrogens (tertiary/aromatic N) is 1. The smallest absolute Gasteiger partial charge is 0.407 e. The first-order valence-electron chi connectivity index (χ1n) is 11.5. The van der Waals surface area contributed by atoms with Crippen LogP contribution in [0.3, 0.4) is 0 Å². The molecule has 1 aliphatic rings. The molecule has 2 heterocycles. The summed E-state index contributed by atoms with van der Waals surface area (Å²) in [5.41, 5.74) is 7.77. The number of carbonyl (C=O) groups is 1. The van der Waals surface area contributed by atoms with E-state index in [1.807, 2.05) is 6.07 Å². The summed E-state index contributed by atoms with van der Waals surface area (Å²) in [5.74, 6) is -3.82. The molecule has 1 amide bonds. The first-order valence-corrected chi connectivity index (χ1v) is 11.5. The van der Waals surface area contributed by atoms with E-state index < -0.39 is 36.5 Å². The fourth-order valence-corrected chi connectivity index (χ4v) is 3.98. The Morgan fingerprint density at radius 2 is 1.94 bits per heavy atom. The molecule has 4 rings (SSSR count). The van der Waals surface area contributed by atoms with Gasteiger partial charge >= 0.3 is 6.09 Å². The van der Waals surface area contributed by atoms with Crippen LogP contribution in [0.25, 0.3) is 0 Å². The quantitative estimate of drug-likeness (QED) is 0.428. The third-order valence-corrected chi connectivity index (χ3v) is 5.95. The summed E-state index contributed by atoms with van der Waals surface area (Å²) in [7, 11) is 0. The fraction of sp³-hybridized carbons (Fsp3) is 0.308. The summed E-state index contributed by atoms with van der Waals surface area (Å²) in [5, 5.41) is 4.95. The second kappa shape index (κ2) is 11.0. The van der Waals surface area contributed by atoms with E-state index >= 15 is 4.39 Å². The molecule has 190 valence electrons. The number of nitrogens with one attached hydrogen (secondary N) is 2. The van der Waals surface area contributed by atoms with Crippen LogP contribution in [-0.4, -0.2) is 35.6 Å². The molecular formula is C26H27F3N4O3. The van der Waals surface area contributed by atoms with Crippen LogP contribution in [0.5, 0.6) is 11.6 Å². The summed E-state index contributed by atoms with van der Waals surface area (Å²) in [6.45, 7) is 1.24. The van der Waals surface area contributed by atoms with E-state index in [0.717, 1.165) is 5.56 Å². The van der Waals surface area contributed by atoms with Crippen LogP contribution in [-0.2, 0) is 24.3 Å². The zero-order valence-electron chi connectivity index (χ0n) is 19.6. The van der Waals surface area contributed by atoms with E-state index in [2.05, 4.69) is 15.6 Å². The predicted molar refractivity (Wildman–Crippen MR) is 127 cm³/mol. The van der Waals surface area contributed by atoms with Gasteiger partial charge in [0.05, 0.1) is 12.2 Å². The number of aryl methyl sites for hydroxylation is 1. The van der Waals surface area contributed by atoms with Crippen LogP contribution in [0.4, 0.5) is 18.0 Å². The fourth-order valence-electron chi connectivity index (χ4n) is 3.98. The second-order valence-electron chi connectivity index (χ2n) is 8.60. The van der Waals surface area contributed by atoms with E-state index in [4.69, 9.17) is 15.2 Å². The lowest BCUT2D eigenvalue weighted by atomic mass is 9.98. The number of carbonyl (C=O) groups excluding carboxylic acids is 1. The molecular weight excluding hydrogens is 473 g/mol. The van der Waals surface area contributed by atoms with E-state index in [1.165, 1.54) is 12.1 Å². The molecule has 1 fully saturated rings. The van der Waals surface area contributed by atoms with Gasteiger partial charge in [-0.15, -0.1) is 0 Å². The molecule has 1 aromatic heterocycles. The van der Waals surface area contributed by atoms with Gasteiger partial charge in [-0.05, 0) is 36.6 Å². The number of rotatable bonds is 8. The number of aromatic nitrogens is 1. The van der Waals surface area contributed by atoms with Crippen molar-refractivity contribution >= 4 is 6.09 Å². The van der Waals surface area contributed by atoms with Crippen molar-refractivity contribution in [1.29, 1.82) is 0 Å². The van der Waals surface area contributed by atoms with E-state index in [9.17, 15) is 13.6 Å². The van der Waals surface area contributed by atoms with Gasteiger partial charge in [0.25, 0.3) is 5.92 Å². The number of ether oxygens (including phenoxy) is 2. The highest BCUT2D eigenvalue weighted by Crippen LogP contribution is 2.32. The van der Waals surface area contributed by atoms with Gasteiger partial charge in [-0.3, -0.25) is 0 Å². The van der Waals surface area contributed by atoms with Crippen LogP contribution < -0.4 is 21.1 Å². The van der Waals surface area contributed by atoms with Crippen LogP contribution >= 0.6 is 0 Å². The topological polar surface area (TPSA) is 98.5 Å². The lowest BCUT2D eigenvalue weighted by Crippen LogP contribution is -2.51. The maximum absolute atomic E-state index is 15.3. The number of hydrogen-bond donors (Lipinski definition) is 3. The molecule has 36 heavy (non-hydrogen) atoms. The summed E-state index contributed by atoms with van der Waals surface area (Å²) in [6, 6.07) is 14.4. The first-order chi connectivity index (χ1) is 17.3. The molecule has 0 aliphatic carbocycles. The molecule has 4 N–H and O–H groups in total. The van der Waals surface area contributed by atoms with Crippen molar-refractivity contribution in [3.05, 3.63) is 88.9 Å². The number of benzene rings is 2. The molecule has 7 nitrogen and oxygen atoms in total. The standard InChI is InChI=1S/C26H27F3N4O3/c1-16-10-11-19(13-30)32-24(16)36-21-9-5-8-18(22(21)27)12-20-23(26(28,29)15-31-20)33-25(34)35-14-17-6-3-2-4-7-17/h2-11,20,23,31H,12-15,30H2,1H3,(H,33,34)/t20-,23+/m0/s1. The van der Waals surface area contributed by atoms with Crippen LogP contribution in [0, 0.1) is 12.7 Å². The largest absolute Gasteiger partial charge is 0.445 e. The van der Waals surface area contributed by atoms with Crippen LogP contribution in [0.2, 0.25) is 0 Å². The average Bonchev–Trinajstić information content (AvgIpc) is 3.15. The zero-order chi connectivity index (χ0) is 25.7. The zero-order valence-corrected chi connectivity index (χ0v) is 19.6. The maximum atomic E-state index is 15.3. The average molecular weight is 501 g/mol. The van der Waals surface area contributed by atoms with Crippen LogP contribution in [0.1, 0.15) is 22.4 Å². The lowest BCUT2D eigenvalue weighted by Gasteiger charge is -2.24. The molecule has 2 aromatic carbocycles. The van der Waals surface area contributed by atoms with Gasteiger partial charge in [-0.25, -0.2) is 22.9 Å². The molecule has 2 atom stereocenters. The number of halogens is 3. The Hall–Kier alpha value is -3.63. The highest BCUT2D eigenvalue weighted by atomic mass is 19.3. The van der Waals surface area contributed by atoms with Gasteiger partial charge < -0.3 is 25.8 Å². The van der Waals surface area contributed by atoms with Gasteiger partial charge in [-0.1, -0.05) is 48.5 Å². The molecule has 0 radical (unpaired) electrons. The monoisotopic (exact) mass is 500 g/mol. The molecule has 1 saturated heterocycles. The van der Waals surface area contributed by atoms with Crippen molar-refractivity contribution in [2.24, 2.45) is 5.73 Å². The minimum absolute atomic E-state index is 0.0596. The predicted octanol–water partition coefficient (Wildman–Crippen LogP) is 4.22. The molecule has 0 unspecified atom stereocenters. The van der Waals surface area contributed by atoms with Crippen molar-refractivity contribution in [3.8, 4) is 11.6 Å². The summed E-state index contributed by atoms with van der Waals surface area (Å²) in [6.07, 6.45) is -1.09. The van der Waals surface area contributed by atoms with Gasteiger partial charge in [0.15, 0.2) is 11.6 Å². The number of nitrogens with two attached hydrogens (primary N) is 1. The van der Waals surface area contributed by atoms with Crippen molar-refractivity contribution < 1.29 is 27.4 Å². The third-order valence-electron chi connectivity index (χ3n) is 5.95. The minimum atomic E-state index is -3.25. The Kier molecular flexibility index (Phi) is 7.76. The summed E-state index contributed by atoms with van der Waals surface area (Å²) < 4.78 is 55.3. The maximum Gasteiger partial charge on any atom is 0.407 e. The minimum Gasteiger partial charge on any atom is -0.445 e. The summed E-state index contributed by atoms with van der Waals surface area (Å²) >= 11 is 0. The molecule has 0 spiro atoms. The SMILES string of the molecule is Cc1ccc(CN)nc1Oc1cccc(C[C@@H]2NCC(F)(F)[C@@H]2NC(=O)OCc2ccccc2)c1F. The second-order valence-corrected chi connectivity index (χ2v) is 8.60. The number of amides is 1. The van der Waals surface area contributed by atoms with E-state index in [1.54, 1.807) is 49.4 Å². The number of pyridine rings is 1. The Morgan fingerprint density at radius 3 is 2.69 bits per heavy atom. The van der Waals surface area contributed by atoms with Gasteiger partial charge in [0.1, 0.15) is 12.6 Å².